The molecule has 0 aliphatic carbocycles. The second kappa shape index (κ2) is 4.92. The van der Waals surface area contributed by atoms with E-state index in [0.29, 0.717) is 6.54 Å². The molecule has 25 heavy (non-hydrogen) atoms. The van der Waals surface area contributed by atoms with E-state index in [0.717, 1.165) is 16.5 Å². The summed E-state index contributed by atoms with van der Waals surface area (Å²) in [6.07, 6.45) is 3.47. The standard InChI is InChI=1S/C20H17NO4/c1-24-19(23)16-15-9-10-20(25-15)11-21(18(22)17(16)20)14-8-4-6-12-5-2-3-7-13(12)14/h2-10,15-17H,11H2,1H3/t15-,16-,17-,20-/m0/s1. The predicted octanol–water partition coefficient (Wildman–Crippen LogP) is 2.30. The number of carbonyl (C=O) groups excluding carboxylic acids is 2. The molecule has 5 heteroatoms. The van der Waals surface area contributed by atoms with Crippen LogP contribution in [0.2, 0.25) is 0 Å². The molecule has 1 amide bonds. The van der Waals surface area contributed by atoms with Gasteiger partial charge < -0.3 is 14.4 Å². The van der Waals surface area contributed by atoms with Crippen molar-refractivity contribution in [2.24, 2.45) is 11.8 Å². The largest absolute Gasteiger partial charge is 0.469 e. The summed E-state index contributed by atoms with van der Waals surface area (Å²) in [5.41, 5.74) is 0.133. The van der Waals surface area contributed by atoms with Crippen LogP contribution in [0.3, 0.4) is 0 Å². The van der Waals surface area contributed by atoms with E-state index in [4.69, 9.17) is 9.47 Å². The zero-order valence-corrected chi connectivity index (χ0v) is 13.7. The zero-order valence-electron chi connectivity index (χ0n) is 13.7. The van der Waals surface area contributed by atoms with Crippen LogP contribution < -0.4 is 4.90 Å². The highest BCUT2D eigenvalue weighted by atomic mass is 16.5. The van der Waals surface area contributed by atoms with E-state index in [1.165, 1.54) is 7.11 Å². The van der Waals surface area contributed by atoms with Crippen LogP contribution in [0.4, 0.5) is 5.69 Å². The number of nitrogens with zero attached hydrogens (tertiary/aromatic N) is 1. The van der Waals surface area contributed by atoms with Crippen molar-refractivity contribution in [1.82, 2.24) is 0 Å². The van der Waals surface area contributed by atoms with Gasteiger partial charge >= 0.3 is 5.97 Å². The van der Waals surface area contributed by atoms with Crippen molar-refractivity contribution >= 4 is 28.3 Å². The normalized spacial score (nSPS) is 32.4. The molecule has 4 atom stereocenters. The van der Waals surface area contributed by atoms with Gasteiger partial charge in [0.05, 0.1) is 31.4 Å². The summed E-state index contributed by atoms with van der Waals surface area (Å²) in [5, 5.41) is 2.09. The van der Waals surface area contributed by atoms with Crippen molar-refractivity contribution in [2.45, 2.75) is 11.7 Å². The Kier molecular flexibility index (Phi) is 2.89. The first kappa shape index (κ1) is 14.7. The number of hydrogen-bond acceptors (Lipinski definition) is 4. The van der Waals surface area contributed by atoms with Crippen molar-refractivity contribution in [2.75, 3.05) is 18.6 Å². The molecule has 2 bridgehead atoms. The summed E-state index contributed by atoms with van der Waals surface area (Å²) in [5.74, 6) is -1.54. The van der Waals surface area contributed by atoms with Crippen LogP contribution in [0.5, 0.6) is 0 Å². The minimum absolute atomic E-state index is 0.0707. The van der Waals surface area contributed by atoms with Crippen LogP contribution in [0, 0.1) is 11.8 Å². The highest BCUT2D eigenvalue weighted by Crippen LogP contribution is 2.53. The second-order valence-corrected chi connectivity index (χ2v) is 6.85. The van der Waals surface area contributed by atoms with E-state index in [9.17, 15) is 9.59 Å². The maximum absolute atomic E-state index is 13.3. The lowest BCUT2D eigenvalue weighted by Gasteiger charge is -2.22. The topological polar surface area (TPSA) is 55.8 Å². The second-order valence-electron chi connectivity index (χ2n) is 6.85. The minimum Gasteiger partial charge on any atom is -0.469 e. The van der Waals surface area contributed by atoms with Crippen LogP contribution in [0.25, 0.3) is 10.8 Å². The summed E-state index contributed by atoms with van der Waals surface area (Å²) >= 11 is 0. The lowest BCUT2D eigenvalue weighted by Crippen LogP contribution is -2.39. The van der Waals surface area contributed by atoms with Crippen molar-refractivity contribution in [3.05, 3.63) is 54.6 Å². The van der Waals surface area contributed by atoms with Crippen LogP contribution >= 0.6 is 0 Å². The Morgan fingerprint density at radius 2 is 2.04 bits per heavy atom. The molecule has 1 spiro atoms. The van der Waals surface area contributed by atoms with Crippen LogP contribution in [-0.2, 0) is 19.1 Å². The summed E-state index contributed by atoms with van der Waals surface area (Å²) in [6, 6.07) is 13.9. The number of hydrogen-bond donors (Lipinski definition) is 0. The molecule has 3 heterocycles. The number of amides is 1. The van der Waals surface area contributed by atoms with Crippen molar-refractivity contribution < 1.29 is 19.1 Å². The number of carbonyl (C=O) groups is 2. The molecule has 2 aromatic carbocycles. The number of ether oxygens (including phenoxy) is 2. The lowest BCUT2D eigenvalue weighted by molar-refractivity contribution is -0.149. The number of fused-ring (bicyclic) bond motifs is 2. The van der Waals surface area contributed by atoms with Gasteiger partial charge in [0.15, 0.2) is 0 Å². The third-order valence-electron chi connectivity index (χ3n) is 5.63. The number of rotatable bonds is 2. The molecule has 3 aliphatic rings. The van der Waals surface area contributed by atoms with Gasteiger partial charge in [-0.25, -0.2) is 0 Å². The third-order valence-corrected chi connectivity index (χ3v) is 5.63. The van der Waals surface area contributed by atoms with Crippen molar-refractivity contribution in [1.29, 1.82) is 0 Å². The SMILES string of the molecule is COC(=O)[C@H]1[C@@H]2C=C[C@@]3(CN(c4cccc5ccccc45)C(=O)[C@H]13)O2. The number of esters is 1. The third kappa shape index (κ3) is 1.81. The molecule has 2 saturated heterocycles. The number of methoxy groups -OCH3 is 1. The Balaban J connectivity index is 1.61. The lowest BCUT2D eigenvalue weighted by atomic mass is 9.77. The smallest absolute Gasteiger partial charge is 0.312 e. The first-order valence-electron chi connectivity index (χ1n) is 8.39. The maximum atomic E-state index is 13.3. The van der Waals surface area contributed by atoms with Gasteiger partial charge in [-0.15, -0.1) is 0 Å². The maximum Gasteiger partial charge on any atom is 0.312 e. The molecule has 5 nitrogen and oxygen atoms in total. The fourth-order valence-electron chi connectivity index (χ4n) is 4.55. The van der Waals surface area contributed by atoms with Crippen LogP contribution in [-0.4, -0.2) is 37.2 Å². The minimum atomic E-state index is -0.725. The summed E-state index contributed by atoms with van der Waals surface area (Å²) in [7, 11) is 1.35. The fourth-order valence-corrected chi connectivity index (χ4v) is 4.55. The average Bonchev–Trinajstić information content (AvgIpc) is 3.29. The van der Waals surface area contributed by atoms with Gasteiger partial charge in [0.1, 0.15) is 11.5 Å². The quantitative estimate of drug-likeness (QED) is 0.624. The Hall–Kier alpha value is -2.66. The highest BCUT2D eigenvalue weighted by molar-refractivity contribution is 6.08. The molecule has 0 radical (unpaired) electrons. The molecule has 0 aromatic heterocycles. The van der Waals surface area contributed by atoms with Crippen molar-refractivity contribution in [3.63, 3.8) is 0 Å². The van der Waals surface area contributed by atoms with E-state index < -0.39 is 17.4 Å². The first-order chi connectivity index (χ1) is 12.1. The Bertz CT molecular complexity index is 931. The molecule has 0 saturated carbocycles. The van der Waals surface area contributed by atoms with Gasteiger partial charge in [0.2, 0.25) is 5.91 Å². The van der Waals surface area contributed by atoms with E-state index in [-0.39, 0.29) is 18.0 Å². The molecular formula is C20H17NO4. The number of anilines is 1. The van der Waals surface area contributed by atoms with Gasteiger partial charge in [-0.1, -0.05) is 48.6 Å². The molecule has 126 valence electrons. The molecule has 5 rings (SSSR count). The van der Waals surface area contributed by atoms with E-state index in [1.54, 1.807) is 4.90 Å². The van der Waals surface area contributed by atoms with E-state index >= 15 is 0 Å². The average molecular weight is 335 g/mol. The molecule has 0 N–H and O–H groups in total. The molecule has 2 fully saturated rings. The number of benzene rings is 2. The van der Waals surface area contributed by atoms with Gasteiger partial charge in [0, 0.05) is 5.39 Å². The summed E-state index contributed by atoms with van der Waals surface area (Å²) < 4.78 is 11.0. The predicted molar refractivity (Wildman–Crippen MR) is 92.0 cm³/mol. The van der Waals surface area contributed by atoms with Gasteiger partial charge in [-0.2, -0.15) is 0 Å². The Morgan fingerprint density at radius 1 is 1.24 bits per heavy atom. The summed E-state index contributed by atoms with van der Waals surface area (Å²) in [4.78, 5) is 27.2. The highest BCUT2D eigenvalue weighted by Gasteiger charge is 2.67. The Labute approximate surface area is 144 Å². The summed E-state index contributed by atoms with van der Waals surface area (Å²) in [6.45, 7) is 0.422. The molecule has 3 aliphatic heterocycles. The molecule has 2 aromatic rings. The van der Waals surface area contributed by atoms with Crippen LogP contribution in [0.15, 0.2) is 54.6 Å². The van der Waals surface area contributed by atoms with Gasteiger partial charge in [0.25, 0.3) is 0 Å². The van der Waals surface area contributed by atoms with Gasteiger partial charge in [-0.3, -0.25) is 9.59 Å². The Morgan fingerprint density at radius 3 is 2.88 bits per heavy atom. The van der Waals surface area contributed by atoms with E-state index in [2.05, 4.69) is 0 Å². The zero-order chi connectivity index (χ0) is 17.2. The first-order valence-corrected chi connectivity index (χ1v) is 8.39. The van der Waals surface area contributed by atoms with Crippen LogP contribution in [0.1, 0.15) is 0 Å². The molecular weight excluding hydrogens is 318 g/mol. The molecule has 0 unspecified atom stereocenters. The van der Waals surface area contributed by atoms with Gasteiger partial charge in [-0.05, 0) is 11.5 Å². The monoisotopic (exact) mass is 335 g/mol. The fraction of sp³-hybridized carbons (Fsp3) is 0.300. The van der Waals surface area contributed by atoms with E-state index in [1.807, 2.05) is 54.6 Å². The van der Waals surface area contributed by atoms with Crippen molar-refractivity contribution in [3.8, 4) is 0 Å².